The Morgan fingerprint density at radius 3 is 3.14 bits per heavy atom. The van der Waals surface area contributed by atoms with Gasteiger partial charge in [-0.2, -0.15) is 0 Å². The molecule has 0 fully saturated rings. The topological polar surface area (TPSA) is 17.1 Å². The average Bonchev–Trinajstić information content (AvgIpc) is 2.14. The number of carbonyl (C=O) groups excluding carboxylic acids is 1. The van der Waals surface area contributed by atoms with Crippen molar-refractivity contribution < 1.29 is 6.17 Å². The monoisotopic (exact) mass is 113 g/mol. The van der Waals surface area contributed by atoms with Gasteiger partial charge in [-0.05, 0) is 11.4 Å². The van der Waals surface area contributed by atoms with Crippen LogP contribution in [0.15, 0.2) is 17.5 Å². The summed E-state index contributed by atoms with van der Waals surface area (Å²) in [6, 6.07) is 3.24. The molecule has 0 aliphatic carbocycles. The van der Waals surface area contributed by atoms with Crippen LogP contribution in [0.1, 0.15) is 11.0 Å². The fourth-order valence-corrected chi connectivity index (χ4v) is 0.772. The Hall–Kier alpha value is -0.630. The Labute approximate surface area is 47.0 Å². The van der Waals surface area contributed by atoms with Gasteiger partial charge in [0.2, 0.25) is 0 Å². The molecule has 0 saturated carbocycles. The molecular formula is C5H4OS. The molecule has 36 valence electrons. The van der Waals surface area contributed by atoms with Gasteiger partial charge in [0.25, 0.3) is 0 Å². The fourth-order valence-electron chi connectivity index (χ4n) is 0.316. The van der Waals surface area contributed by atoms with E-state index in [9.17, 15) is 4.79 Å². The van der Waals surface area contributed by atoms with Crippen molar-refractivity contribution in [1.29, 1.82) is 0 Å². The average molecular weight is 113 g/mol. The SMILES string of the molecule is [2H]c1ccc(C=O)s1. The normalized spacial score (nSPS) is 10.6. The molecule has 0 aromatic carbocycles. The van der Waals surface area contributed by atoms with E-state index in [0.29, 0.717) is 10.2 Å². The van der Waals surface area contributed by atoms with Crippen LogP contribution in [0.3, 0.4) is 0 Å². The maximum Gasteiger partial charge on any atom is 0.159 e. The van der Waals surface area contributed by atoms with Crippen LogP contribution in [0, 0.1) is 0 Å². The summed E-state index contributed by atoms with van der Waals surface area (Å²) in [7, 11) is 0. The van der Waals surface area contributed by atoms with Gasteiger partial charge in [0, 0.05) is 0 Å². The number of thiophene rings is 1. The summed E-state index contributed by atoms with van der Waals surface area (Å²) >= 11 is 1.19. The third-order valence-electron chi connectivity index (χ3n) is 0.609. The quantitative estimate of drug-likeness (QED) is 0.505. The zero-order valence-electron chi connectivity index (χ0n) is 4.55. The number of hydrogen-bond acceptors (Lipinski definition) is 2. The molecule has 1 nitrogen and oxygen atoms in total. The van der Waals surface area contributed by atoms with Crippen molar-refractivity contribution in [2.45, 2.75) is 0 Å². The van der Waals surface area contributed by atoms with Crippen molar-refractivity contribution in [1.82, 2.24) is 0 Å². The second kappa shape index (κ2) is 1.89. The molecule has 0 bridgehead atoms. The molecule has 0 aliphatic heterocycles. The number of rotatable bonds is 1. The van der Waals surface area contributed by atoms with Crippen LogP contribution in [0.5, 0.6) is 0 Å². The second-order valence-corrected chi connectivity index (χ2v) is 1.98. The van der Waals surface area contributed by atoms with Crippen LogP contribution in [0.4, 0.5) is 0 Å². The Morgan fingerprint density at radius 2 is 2.86 bits per heavy atom. The lowest BCUT2D eigenvalue weighted by Crippen LogP contribution is -1.61. The molecule has 1 aromatic rings. The minimum Gasteiger partial charge on any atom is -0.297 e. The van der Waals surface area contributed by atoms with Gasteiger partial charge in [0.05, 0.1) is 6.25 Å². The maximum atomic E-state index is 9.95. The highest BCUT2D eigenvalue weighted by Gasteiger charge is 1.82. The van der Waals surface area contributed by atoms with Crippen LogP contribution < -0.4 is 0 Å². The van der Waals surface area contributed by atoms with Crippen molar-refractivity contribution >= 4 is 17.6 Å². The Morgan fingerprint density at radius 1 is 2.00 bits per heavy atom. The zero-order valence-corrected chi connectivity index (χ0v) is 4.37. The first-order valence-corrected chi connectivity index (χ1v) is 2.66. The Kier molecular flexibility index (Phi) is 0.912. The second-order valence-electron chi connectivity index (χ2n) is 1.07. The van der Waals surface area contributed by atoms with Crippen LogP contribution in [0.25, 0.3) is 0 Å². The molecule has 2 heteroatoms. The highest BCUT2D eigenvalue weighted by molar-refractivity contribution is 7.11. The third kappa shape index (κ3) is 0.871. The predicted octanol–water partition coefficient (Wildman–Crippen LogP) is 1.56. The Bertz CT molecular complexity index is 194. The van der Waals surface area contributed by atoms with Crippen molar-refractivity contribution in [3.05, 3.63) is 22.4 Å². The Balaban J connectivity index is 3.00. The largest absolute Gasteiger partial charge is 0.297 e. The summed E-state index contributed by atoms with van der Waals surface area (Å²) in [5.74, 6) is 0. The summed E-state index contributed by atoms with van der Waals surface area (Å²) in [5.41, 5.74) is 0. The summed E-state index contributed by atoms with van der Waals surface area (Å²) in [6.07, 6.45) is 0.753. The molecule has 1 heterocycles. The van der Waals surface area contributed by atoms with Crippen LogP contribution in [0.2, 0.25) is 0 Å². The molecule has 1 aromatic heterocycles. The van der Waals surface area contributed by atoms with Crippen LogP contribution >= 0.6 is 11.3 Å². The van der Waals surface area contributed by atoms with Crippen molar-refractivity contribution in [3.63, 3.8) is 0 Å². The minimum atomic E-state index is 0.437. The fraction of sp³-hybridized carbons (Fsp3) is 0. The molecule has 7 heavy (non-hydrogen) atoms. The molecular weight excluding hydrogens is 108 g/mol. The molecule has 0 unspecified atom stereocenters. The first kappa shape index (κ1) is 3.38. The molecule has 0 radical (unpaired) electrons. The van der Waals surface area contributed by atoms with Gasteiger partial charge in [0.1, 0.15) is 0 Å². The molecule has 0 aliphatic rings. The summed E-state index contributed by atoms with van der Waals surface area (Å²) < 4.78 is 6.98. The third-order valence-corrected chi connectivity index (χ3v) is 1.33. The van der Waals surface area contributed by atoms with Crippen molar-refractivity contribution in [2.75, 3.05) is 0 Å². The first-order valence-electron chi connectivity index (χ1n) is 2.34. The van der Waals surface area contributed by atoms with Gasteiger partial charge in [0.15, 0.2) is 6.29 Å². The van der Waals surface area contributed by atoms with E-state index in [1.54, 1.807) is 12.1 Å². The van der Waals surface area contributed by atoms with E-state index < -0.39 is 0 Å². The van der Waals surface area contributed by atoms with E-state index in [1.165, 1.54) is 11.3 Å². The van der Waals surface area contributed by atoms with E-state index in [-0.39, 0.29) is 0 Å². The highest BCUT2D eigenvalue weighted by Crippen LogP contribution is 2.02. The lowest BCUT2D eigenvalue weighted by molar-refractivity contribution is 0.112. The van der Waals surface area contributed by atoms with E-state index in [2.05, 4.69) is 0 Å². The zero-order chi connectivity index (χ0) is 5.98. The van der Waals surface area contributed by atoms with Crippen LogP contribution in [-0.2, 0) is 0 Å². The van der Waals surface area contributed by atoms with Gasteiger partial charge in [-0.1, -0.05) is 6.07 Å². The lowest BCUT2D eigenvalue weighted by Gasteiger charge is -1.66. The van der Waals surface area contributed by atoms with E-state index >= 15 is 0 Å². The van der Waals surface area contributed by atoms with Crippen LogP contribution in [-0.4, -0.2) is 6.29 Å². The predicted molar refractivity (Wildman–Crippen MR) is 29.7 cm³/mol. The number of aldehydes is 1. The smallest absolute Gasteiger partial charge is 0.159 e. The molecule has 0 spiro atoms. The van der Waals surface area contributed by atoms with Gasteiger partial charge < -0.3 is 0 Å². The van der Waals surface area contributed by atoms with Gasteiger partial charge in [-0.15, -0.1) is 11.3 Å². The summed E-state index contributed by atoms with van der Waals surface area (Å²) in [4.78, 5) is 10.6. The van der Waals surface area contributed by atoms with E-state index in [1.807, 2.05) is 0 Å². The minimum absolute atomic E-state index is 0.437. The maximum absolute atomic E-state index is 9.95. The van der Waals surface area contributed by atoms with E-state index in [4.69, 9.17) is 1.37 Å². The van der Waals surface area contributed by atoms with Crippen molar-refractivity contribution in [3.8, 4) is 0 Å². The number of carbonyl (C=O) groups is 1. The molecule has 0 amide bonds. The molecule has 1 rings (SSSR count). The number of hydrogen-bond donors (Lipinski definition) is 0. The van der Waals surface area contributed by atoms with Gasteiger partial charge in [-0.25, -0.2) is 0 Å². The first-order chi connectivity index (χ1) is 3.83. The lowest BCUT2D eigenvalue weighted by atomic mass is 10.5. The highest BCUT2D eigenvalue weighted by atomic mass is 32.1. The summed E-state index contributed by atoms with van der Waals surface area (Å²) in [6.45, 7) is 0. The van der Waals surface area contributed by atoms with E-state index in [0.717, 1.165) is 6.29 Å². The summed E-state index contributed by atoms with van der Waals surface area (Å²) in [5, 5.41) is 0.437. The molecule has 0 saturated heterocycles. The molecule has 0 N–H and O–H groups in total. The van der Waals surface area contributed by atoms with Gasteiger partial charge in [-0.3, -0.25) is 4.79 Å². The van der Waals surface area contributed by atoms with Gasteiger partial charge >= 0.3 is 0 Å². The van der Waals surface area contributed by atoms with Crippen molar-refractivity contribution in [2.24, 2.45) is 0 Å². The standard InChI is InChI=1S/C5H4OS/c6-4-5-2-1-3-7-5/h1-4H/i3D. The molecule has 0 atom stereocenters.